The van der Waals surface area contributed by atoms with Gasteiger partial charge < -0.3 is 15.0 Å². The molecule has 0 bridgehead atoms. The van der Waals surface area contributed by atoms with Crippen LogP contribution in [0.2, 0.25) is 0 Å². The van der Waals surface area contributed by atoms with Crippen molar-refractivity contribution in [3.63, 3.8) is 0 Å². The van der Waals surface area contributed by atoms with E-state index in [9.17, 15) is 4.79 Å². The van der Waals surface area contributed by atoms with Crippen molar-refractivity contribution in [2.24, 2.45) is 7.05 Å². The van der Waals surface area contributed by atoms with E-state index < -0.39 is 0 Å². The van der Waals surface area contributed by atoms with E-state index in [4.69, 9.17) is 17.0 Å². The van der Waals surface area contributed by atoms with Crippen LogP contribution in [0.4, 0.5) is 5.69 Å². The Morgan fingerprint density at radius 2 is 2.12 bits per heavy atom. The molecule has 2 aromatic rings. The second-order valence-electron chi connectivity index (χ2n) is 5.59. The van der Waals surface area contributed by atoms with Gasteiger partial charge in [-0.15, -0.1) is 0 Å². The lowest BCUT2D eigenvalue weighted by molar-refractivity contribution is 0.0516. The maximum atomic E-state index is 12.1. The van der Waals surface area contributed by atoms with Crippen LogP contribution in [-0.4, -0.2) is 38.9 Å². The molecule has 3 rings (SSSR count). The second kappa shape index (κ2) is 7.00. The Hall–Kier alpha value is -2.41. The summed E-state index contributed by atoms with van der Waals surface area (Å²) >= 11 is 5.52. The first kappa shape index (κ1) is 16.4. The molecule has 0 unspecified atom stereocenters. The van der Waals surface area contributed by atoms with E-state index in [1.165, 1.54) is 0 Å². The Morgan fingerprint density at radius 1 is 1.38 bits per heavy atom. The smallest absolute Gasteiger partial charge is 0.359 e. The lowest BCUT2D eigenvalue weighted by atomic mass is 10.1. The molecule has 0 saturated heterocycles. The second-order valence-corrected chi connectivity index (χ2v) is 5.97. The summed E-state index contributed by atoms with van der Waals surface area (Å²) in [6, 6.07) is 9.81. The van der Waals surface area contributed by atoms with Crippen LogP contribution in [0.15, 0.2) is 30.3 Å². The molecule has 0 amide bonds. The molecule has 0 radical (unpaired) electrons. The molecule has 1 aromatic carbocycles. The summed E-state index contributed by atoms with van der Waals surface area (Å²) in [5.41, 5.74) is 3.31. The van der Waals surface area contributed by atoms with Gasteiger partial charge in [0.05, 0.1) is 6.61 Å². The lowest BCUT2D eigenvalue weighted by Crippen LogP contribution is -2.39. The highest BCUT2D eigenvalue weighted by molar-refractivity contribution is 7.80. The van der Waals surface area contributed by atoms with Gasteiger partial charge in [-0.05, 0) is 31.3 Å². The summed E-state index contributed by atoms with van der Waals surface area (Å²) < 4.78 is 6.89. The van der Waals surface area contributed by atoms with Crippen LogP contribution in [-0.2, 0) is 24.8 Å². The average molecular weight is 344 g/mol. The first-order valence-electron chi connectivity index (χ1n) is 7.93. The van der Waals surface area contributed by atoms with Gasteiger partial charge in [0.25, 0.3) is 0 Å². The topological polar surface area (TPSA) is 59.4 Å². The number of aromatic nitrogens is 2. The standard InChI is InChI=1S/C17H20N4O2S/c1-3-23-16(22)15-13-11-21(10-9-14(13)20(2)19-15)17(24)18-12-7-5-4-6-8-12/h4-8H,3,9-11H2,1-2H3,(H,18,24). The molecule has 6 nitrogen and oxygen atoms in total. The van der Waals surface area contributed by atoms with Crippen LogP contribution in [0.5, 0.6) is 0 Å². The van der Waals surface area contributed by atoms with Gasteiger partial charge in [0.1, 0.15) is 0 Å². The van der Waals surface area contributed by atoms with Crippen LogP contribution < -0.4 is 5.32 Å². The predicted octanol–water partition coefficient (Wildman–Crippen LogP) is 2.35. The largest absolute Gasteiger partial charge is 0.461 e. The van der Waals surface area contributed by atoms with Gasteiger partial charge >= 0.3 is 5.97 Å². The van der Waals surface area contributed by atoms with Gasteiger partial charge in [0.2, 0.25) is 0 Å². The SMILES string of the molecule is CCOC(=O)c1nn(C)c2c1CN(C(=S)Nc1ccccc1)CC2. The monoisotopic (exact) mass is 344 g/mol. The highest BCUT2D eigenvalue weighted by atomic mass is 32.1. The molecule has 1 aliphatic heterocycles. The molecule has 126 valence electrons. The van der Waals surface area contributed by atoms with Crippen molar-refractivity contribution in [1.82, 2.24) is 14.7 Å². The predicted molar refractivity (Wildman–Crippen MR) is 95.9 cm³/mol. The number of carbonyl (C=O) groups is 1. The average Bonchev–Trinajstić information content (AvgIpc) is 2.92. The molecule has 0 saturated carbocycles. The number of aryl methyl sites for hydroxylation is 1. The molecule has 0 spiro atoms. The zero-order chi connectivity index (χ0) is 17.1. The summed E-state index contributed by atoms with van der Waals surface area (Å²) in [6.45, 7) is 3.46. The van der Waals surface area contributed by atoms with Crippen molar-refractivity contribution in [3.8, 4) is 0 Å². The number of hydrogen-bond donors (Lipinski definition) is 1. The van der Waals surface area contributed by atoms with Crippen molar-refractivity contribution in [2.45, 2.75) is 19.9 Å². The Kier molecular flexibility index (Phi) is 4.80. The summed E-state index contributed by atoms with van der Waals surface area (Å²) in [4.78, 5) is 14.2. The Labute approximate surface area is 146 Å². The van der Waals surface area contributed by atoms with Crippen LogP contribution in [0.1, 0.15) is 28.7 Å². The number of para-hydroxylation sites is 1. The fourth-order valence-corrected chi connectivity index (χ4v) is 3.13. The summed E-state index contributed by atoms with van der Waals surface area (Å²) in [6.07, 6.45) is 0.787. The van der Waals surface area contributed by atoms with Gasteiger partial charge in [0, 0.05) is 43.5 Å². The third kappa shape index (κ3) is 3.26. The van der Waals surface area contributed by atoms with Crippen molar-refractivity contribution in [3.05, 3.63) is 47.3 Å². The molecule has 1 aliphatic rings. The van der Waals surface area contributed by atoms with Crippen LogP contribution in [0.3, 0.4) is 0 Å². The summed E-state index contributed by atoms with van der Waals surface area (Å²) in [5, 5.41) is 8.22. The Bertz CT molecular complexity index is 757. The normalized spacial score (nSPS) is 13.3. The highest BCUT2D eigenvalue weighted by Crippen LogP contribution is 2.23. The quantitative estimate of drug-likeness (QED) is 0.681. The van der Waals surface area contributed by atoms with Gasteiger partial charge in [-0.1, -0.05) is 18.2 Å². The third-order valence-electron chi connectivity index (χ3n) is 4.02. The number of ether oxygens (including phenoxy) is 1. The van der Waals surface area contributed by atoms with Crippen molar-refractivity contribution in [2.75, 3.05) is 18.5 Å². The number of rotatable bonds is 3. The van der Waals surface area contributed by atoms with E-state index in [1.54, 1.807) is 11.6 Å². The molecule has 1 N–H and O–H groups in total. The van der Waals surface area contributed by atoms with Crippen LogP contribution in [0.25, 0.3) is 0 Å². The van der Waals surface area contributed by atoms with Crippen LogP contribution >= 0.6 is 12.2 Å². The number of benzene rings is 1. The van der Waals surface area contributed by atoms with Gasteiger partial charge in [-0.3, -0.25) is 4.68 Å². The molecular formula is C17H20N4O2S. The number of nitrogens with one attached hydrogen (secondary N) is 1. The number of nitrogens with zero attached hydrogens (tertiary/aromatic N) is 3. The third-order valence-corrected chi connectivity index (χ3v) is 4.38. The van der Waals surface area contributed by atoms with Gasteiger partial charge in [-0.2, -0.15) is 5.10 Å². The highest BCUT2D eigenvalue weighted by Gasteiger charge is 2.28. The molecule has 2 heterocycles. The molecule has 0 aliphatic carbocycles. The zero-order valence-corrected chi connectivity index (χ0v) is 14.6. The fourth-order valence-electron chi connectivity index (χ4n) is 2.85. The number of esters is 1. The fraction of sp³-hybridized carbons (Fsp3) is 0.353. The molecule has 0 atom stereocenters. The number of carbonyl (C=O) groups excluding carboxylic acids is 1. The van der Waals surface area contributed by atoms with Gasteiger partial charge in [-0.25, -0.2) is 4.79 Å². The number of thiocarbonyl (C=S) groups is 1. The van der Waals surface area contributed by atoms with E-state index in [-0.39, 0.29) is 5.97 Å². The van der Waals surface area contributed by atoms with E-state index >= 15 is 0 Å². The van der Waals surface area contributed by atoms with Crippen molar-refractivity contribution >= 4 is 29.0 Å². The molecule has 0 fully saturated rings. The maximum absolute atomic E-state index is 12.1. The lowest BCUT2D eigenvalue weighted by Gasteiger charge is -2.30. The number of hydrogen-bond acceptors (Lipinski definition) is 4. The minimum atomic E-state index is -0.377. The van der Waals surface area contributed by atoms with E-state index in [0.717, 1.165) is 29.9 Å². The Balaban J connectivity index is 1.78. The van der Waals surface area contributed by atoms with Gasteiger partial charge in [0.15, 0.2) is 10.8 Å². The molecule has 1 aromatic heterocycles. The minimum absolute atomic E-state index is 0.335. The van der Waals surface area contributed by atoms with Crippen molar-refractivity contribution in [1.29, 1.82) is 0 Å². The van der Waals surface area contributed by atoms with E-state index in [0.29, 0.717) is 24.0 Å². The number of anilines is 1. The number of fused-ring (bicyclic) bond motifs is 1. The first-order chi connectivity index (χ1) is 11.6. The van der Waals surface area contributed by atoms with Crippen LogP contribution in [0, 0.1) is 0 Å². The van der Waals surface area contributed by atoms with E-state index in [2.05, 4.69) is 15.3 Å². The summed E-state index contributed by atoms with van der Waals surface area (Å²) in [5.74, 6) is -0.377. The minimum Gasteiger partial charge on any atom is -0.461 e. The first-order valence-corrected chi connectivity index (χ1v) is 8.33. The van der Waals surface area contributed by atoms with E-state index in [1.807, 2.05) is 37.4 Å². The van der Waals surface area contributed by atoms with Crippen molar-refractivity contribution < 1.29 is 9.53 Å². The molecule has 7 heteroatoms. The maximum Gasteiger partial charge on any atom is 0.359 e. The zero-order valence-electron chi connectivity index (χ0n) is 13.8. The molecular weight excluding hydrogens is 324 g/mol. The summed E-state index contributed by atoms with van der Waals surface area (Å²) in [7, 11) is 1.86. The molecule has 24 heavy (non-hydrogen) atoms. The Morgan fingerprint density at radius 3 is 2.83 bits per heavy atom.